The van der Waals surface area contributed by atoms with E-state index in [0.717, 1.165) is 6.07 Å². The molecule has 0 amide bonds. The van der Waals surface area contributed by atoms with Gasteiger partial charge in [-0.3, -0.25) is 0 Å². The third kappa shape index (κ3) is 3.08. The van der Waals surface area contributed by atoms with Crippen LogP contribution in [0.4, 0.5) is 10.1 Å². The lowest BCUT2D eigenvalue weighted by molar-refractivity contribution is 0.0696. The lowest BCUT2D eigenvalue weighted by Gasteiger charge is -2.14. The molecule has 1 rings (SSSR count). The summed E-state index contributed by atoms with van der Waals surface area (Å²) in [7, 11) is 0. The van der Waals surface area contributed by atoms with Gasteiger partial charge in [-0.2, -0.15) is 0 Å². The first-order chi connectivity index (χ1) is 7.54. The van der Waals surface area contributed by atoms with Crippen molar-refractivity contribution in [3.63, 3.8) is 0 Å². The Hall–Kier alpha value is -1.84. The number of nitrogens with one attached hydrogen (secondary N) is 1. The molecule has 86 valence electrons. The molecule has 1 unspecified atom stereocenters. The van der Waals surface area contributed by atoms with Crippen LogP contribution in [-0.2, 0) is 0 Å². The Morgan fingerprint density at radius 3 is 2.88 bits per heavy atom. The van der Waals surface area contributed by atoms with Gasteiger partial charge in [0.25, 0.3) is 0 Å². The van der Waals surface area contributed by atoms with Crippen LogP contribution in [0.1, 0.15) is 23.7 Å². The zero-order valence-corrected chi connectivity index (χ0v) is 9.03. The van der Waals surface area contributed by atoms with Gasteiger partial charge >= 0.3 is 5.97 Å². The highest BCUT2D eigenvalue weighted by atomic mass is 19.1. The Balaban J connectivity index is 2.82. The van der Waals surface area contributed by atoms with Crippen molar-refractivity contribution in [1.82, 2.24) is 0 Å². The fraction of sp³-hybridized carbons (Fsp3) is 0.250. The molecule has 3 nitrogen and oxygen atoms in total. The van der Waals surface area contributed by atoms with E-state index < -0.39 is 11.8 Å². The number of carboxylic acid groups (broad SMARTS) is 1. The number of carbonyl (C=O) groups is 1. The van der Waals surface area contributed by atoms with Crippen molar-refractivity contribution in [3.05, 3.63) is 42.2 Å². The molecule has 0 aromatic heterocycles. The van der Waals surface area contributed by atoms with Gasteiger partial charge in [0, 0.05) is 6.04 Å². The van der Waals surface area contributed by atoms with Crippen molar-refractivity contribution in [1.29, 1.82) is 0 Å². The molecule has 1 aromatic carbocycles. The number of rotatable bonds is 5. The molecule has 0 saturated carbocycles. The molecule has 0 fully saturated rings. The lowest BCUT2D eigenvalue weighted by atomic mass is 10.1. The number of benzene rings is 1. The van der Waals surface area contributed by atoms with E-state index in [1.165, 1.54) is 12.1 Å². The fourth-order valence-electron chi connectivity index (χ4n) is 1.34. The zero-order valence-electron chi connectivity index (χ0n) is 9.03. The van der Waals surface area contributed by atoms with Crippen LogP contribution in [0.15, 0.2) is 30.9 Å². The normalized spacial score (nSPS) is 11.9. The largest absolute Gasteiger partial charge is 0.478 e. The van der Waals surface area contributed by atoms with Crippen LogP contribution >= 0.6 is 0 Å². The monoisotopic (exact) mass is 223 g/mol. The highest BCUT2D eigenvalue weighted by Gasteiger charge is 2.09. The number of hydrogen-bond donors (Lipinski definition) is 2. The highest BCUT2D eigenvalue weighted by molar-refractivity contribution is 5.88. The quantitative estimate of drug-likeness (QED) is 0.754. The maximum absolute atomic E-state index is 13.5. The van der Waals surface area contributed by atoms with Gasteiger partial charge in [0.05, 0.1) is 11.3 Å². The van der Waals surface area contributed by atoms with Gasteiger partial charge in [-0.15, -0.1) is 6.58 Å². The van der Waals surface area contributed by atoms with Crippen molar-refractivity contribution in [3.8, 4) is 0 Å². The van der Waals surface area contributed by atoms with Crippen LogP contribution in [0.3, 0.4) is 0 Å². The van der Waals surface area contributed by atoms with E-state index >= 15 is 0 Å². The molecule has 0 radical (unpaired) electrons. The van der Waals surface area contributed by atoms with E-state index in [4.69, 9.17) is 5.11 Å². The molecule has 4 heteroatoms. The van der Waals surface area contributed by atoms with Crippen molar-refractivity contribution < 1.29 is 14.3 Å². The van der Waals surface area contributed by atoms with Crippen molar-refractivity contribution in [2.75, 3.05) is 5.32 Å². The van der Waals surface area contributed by atoms with Crippen LogP contribution in [0, 0.1) is 5.82 Å². The Bertz CT molecular complexity index is 404. The van der Waals surface area contributed by atoms with Crippen molar-refractivity contribution >= 4 is 11.7 Å². The second kappa shape index (κ2) is 5.30. The van der Waals surface area contributed by atoms with Gasteiger partial charge in [-0.25, -0.2) is 9.18 Å². The maximum Gasteiger partial charge on any atom is 0.335 e. The van der Waals surface area contributed by atoms with Gasteiger partial charge in [0.2, 0.25) is 0 Å². The number of anilines is 1. The van der Waals surface area contributed by atoms with Crippen LogP contribution < -0.4 is 5.32 Å². The predicted octanol–water partition coefficient (Wildman–Crippen LogP) is 2.90. The average Bonchev–Trinajstić information content (AvgIpc) is 2.21. The van der Waals surface area contributed by atoms with Crippen LogP contribution in [-0.4, -0.2) is 17.1 Å². The van der Waals surface area contributed by atoms with E-state index in [9.17, 15) is 9.18 Å². The molecular formula is C12H14FNO2. The molecule has 1 aromatic rings. The van der Waals surface area contributed by atoms with Crippen LogP contribution in [0.25, 0.3) is 0 Å². The summed E-state index contributed by atoms with van der Waals surface area (Å²) in [5.41, 5.74) is 0.249. The summed E-state index contributed by atoms with van der Waals surface area (Å²) in [4.78, 5) is 10.6. The summed E-state index contributed by atoms with van der Waals surface area (Å²) >= 11 is 0. The van der Waals surface area contributed by atoms with Gasteiger partial charge in [-0.1, -0.05) is 6.08 Å². The van der Waals surface area contributed by atoms with Gasteiger partial charge in [0.15, 0.2) is 0 Å². The number of carboxylic acids is 1. The predicted molar refractivity (Wildman–Crippen MR) is 61.3 cm³/mol. The highest BCUT2D eigenvalue weighted by Crippen LogP contribution is 2.17. The van der Waals surface area contributed by atoms with E-state index in [1.54, 1.807) is 6.08 Å². The molecule has 1 atom stereocenters. The molecule has 2 N–H and O–H groups in total. The summed E-state index contributed by atoms with van der Waals surface area (Å²) in [6.07, 6.45) is 2.45. The molecule has 0 aliphatic rings. The molecule has 16 heavy (non-hydrogen) atoms. The summed E-state index contributed by atoms with van der Waals surface area (Å²) in [5, 5.41) is 11.6. The number of halogens is 1. The maximum atomic E-state index is 13.5. The topological polar surface area (TPSA) is 49.3 Å². The summed E-state index contributed by atoms with van der Waals surface area (Å²) in [5.74, 6) is -1.69. The summed E-state index contributed by atoms with van der Waals surface area (Å²) in [6, 6.07) is 3.86. The molecule has 0 bridgehead atoms. The minimum Gasteiger partial charge on any atom is -0.478 e. The molecule has 0 saturated heterocycles. The van der Waals surface area contributed by atoms with Gasteiger partial charge < -0.3 is 10.4 Å². The minimum absolute atomic E-state index is 0.0561. The number of hydrogen-bond acceptors (Lipinski definition) is 2. The summed E-state index contributed by atoms with van der Waals surface area (Å²) in [6.45, 7) is 5.49. The average molecular weight is 223 g/mol. The fourth-order valence-corrected chi connectivity index (χ4v) is 1.34. The molecule has 0 aliphatic heterocycles. The van der Waals surface area contributed by atoms with E-state index in [-0.39, 0.29) is 11.6 Å². The first kappa shape index (κ1) is 12.2. The van der Waals surface area contributed by atoms with Crippen LogP contribution in [0.5, 0.6) is 0 Å². The Morgan fingerprint density at radius 1 is 1.69 bits per heavy atom. The first-order valence-corrected chi connectivity index (χ1v) is 4.95. The van der Waals surface area contributed by atoms with E-state index in [1.807, 2.05) is 6.92 Å². The first-order valence-electron chi connectivity index (χ1n) is 4.95. The Kier molecular flexibility index (Phi) is 4.05. The lowest BCUT2D eigenvalue weighted by Crippen LogP contribution is -2.15. The standard InChI is InChI=1S/C12H14FNO2/c1-3-4-8(2)14-11-6-5-9(12(15)16)7-10(11)13/h3,5-8,14H,1,4H2,2H3,(H,15,16). The minimum atomic E-state index is -1.13. The molecule has 0 spiro atoms. The van der Waals surface area contributed by atoms with Gasteiger partial charge in [-0.05, 0) is 31.5 Å². The number of aromatic carboxylic acids is 1. The third-order valence-electron chi connectivity index (χ3n) is 2.14. The van der Waals surface area contributed by atoms with Gasteiger partial charge in [0.1, 0.15) is 5.82 Å². The summed E-state index contributed by atoms with van der Waals surface area (Å²) < 4.78 is 13.5. The Morgan fingerprint density at radius 2 is 2.38 bits per heavy atom. The SMILES string of the molecule is C=CCC(C)Nc1ccc(C(=O)O)cc1F. The third-order valence-corrected chi connectivity index (χ3v) is 2.14. The van der Waals surface area contributed by atoms with Crippen molar-refractivity contribution in [2.45, 2.75) is 19.4 Å². The second-order valence-electron chi connectivity index (χ2n) is 3.57. The van der Waals surface area contributed by atoms with E-state index in [0.29, 0.717) is 12.1 Å². The smallest absolute Gasteiger partial charge is 0.335 e. The van der Waals surface area contributed by atoms with Crippen molar-refractivity contribution in [2.24, 2.45) is 0 Å². The molecule has 0 heterocycles. The van der Waals surface area contributed by atoms with Crippen LogP contribution in [0.2, 0.25) is 0 Å². The second-order valence-corrected chi connectivity index (χ2v) is 3.57. The van der Waals surface area contributed by atoms with E-state index in [2.05, 4.69) is 11.9 Å². The Labute approximate surface area is 93.6 Å². The zero-order chi connectivity index (χ0) is 12.1. The molecule has 0 aliphatic carbocycles. The molecular weight excluding hydrogens is 209 g/mol.